The van der Waals surface area contributed by atoms with Crippen molar-refractivity contribution in [2.45, 2.75) is 20.4 Å². The number of hydrogen-bond acceptors (Lipinski definition) is 2. The zero-order valence-corrected chi connectivity index (χ0v) is 12.6. The predicted molar refractivity (Wildman–Crippen MR) is 81.5 cm³/mol. The van der Waals surface area contributed by atoms with Crippen molar-refractivity contribution < 1.29 is 14.2 Å². The maximum atomic E-state index is 12.1. The minimum Gasteiger partial charge on any atom is -0.320 e. The zero-order chi connectivity index (χ0) is 15.4. The van der Waals surface area contributed by atoms with Crippen LogP contribution in [0.2, 0.25) is 5.02 Å². The summed E-state index contributed by atoms with van der Waals surface area (Å²) in [7, 11) is 0. The molecule has 4 nitrogen and oxygen atoms in total. The van der Waals surface area contributed by atoms with E-state index in [1.165, 1.54) is 6.92 Å². The summed E-state index contributed by atoms with van der Waals surface area (Å²) in [5, 5.41) is 3.39. The summed E-state index contributed by atoms with van der Waals surface area (Å²) in [4.78, 5) is 23.4. The van der Waals surface area contributed by atoms with Gasteiger partial charge in [0.15, 0.2) is 18.2 Å². The number of carbonyl (C=O) groups is 2. The van der Waals surface area contributed by atoms with Gasteiger partial charge in [0.25, 0.3) is 5.91 Å². The highest BCUT2D eigenvalue weighted by Crippen LogP contribution is 2.19. The van der Waals surface area contributed by atoms with Gasteiger partial charge in [-0.05, 0) is 37.6 Å². The highest BCUT2D eigenvalue weighted by atomic mass is 35.5. The molecule has 0 radical (unpaired) electrons. The molecule has 0 fully saturated rings. The molecule has 2 rings (SSSR count). The monoisotopic (exact) mass is 303 g/mol. The Hall–Kier alpha value is -2.20. The molecule has 108 valence electrons. The minimum absolute atomic E-state index is 0.0320. The lowest BCUT2D eigenvalue weighted by molar-refractivity contribution is -0.684. The molecular weight excluding hydrogens is 288 g/mol. The van der Waals surface area contributed by atoms with Gasteiger partial charge in [0.2, 0.25) is 6.54 Å². The van der Waals surface area contributed by atoms with Gasteiger partial charge in [-0.1, -0.05) is 17.7 Å². The van der Waals surface area contributed by atoms with Gasteiger partial charge in [-0.2, -0.15) is 4.57 Å². The van der Waals surface area contributed by atoms with E-state index in [2.05, 4.69) is 5.32 Å². The molecule has 1 aromatic carbocycles. The number of hydrogen-bond donors (Lipinski definition) is 1. The molecule has 0 saturated carbocycles. The lowest BCUT2D eigenvalue weighted by Crippen LogP contribution is -2.40. The fourth-order valence-electron chi connectivity index (χ4n) is 1.91. The number of aryl methyl sites for hydroxylation is 1. The van der Waals surface area contributed by atoms with Crippen LogP contribution < -0.4 is 9.88 Å². The van der Waals surface area contributed by atoms with Gasteiger partial charge in [-0.25, -0.2) is 0 Å². The molecule has 2 aromatic rings. The molecule has 5 heteroatoms. The van der Waals surface area contributed by atoms with E-state index in [0.717, 1.165) is 5.56 Å². The van der Waals surface area contributed by atoms with E-state index in [4.69, 9.17) is 11.6 Å². The molecule has 0 aliphatic rings. The maximum Gasteiger partial charge on any atom is 0.290 e. The van der Waals surface area contributed by atoms with Crippen LogP contribution in [0.15, 0.2) is 42.7 Å². The summed E-state index contributed by atoms with van der Waals surface area (Å²) in [6.07, 6.45) is 3.41. The highest BCUT2D eigenvalue weighted by Gasteiger charge is 2.13. The Labute approximate surface area is 128 Å². The molecule has 0 spiro atoms. The van der Waals surface area contributed by atoms with E-state index in [-0.39, 0.29) is 18.2 Å². The fourth-order valence-corrected chi connectivity index (χ4v) is 2.09. The van der Waals surface area contributed by atoms with Gasteiger partial charge in [0.1, 0.15) is 0 Å². The van der Waals surface area contributed by atoms with Crippen LogP contribution >= 0.6 is 11.6 Å². The summed E-state index contributed by atoms with van der Waals surface area (Å²) in [6, 6.07) is 8.80. The van der Waals surface area contributed by atoms with Gasteiger partial charge in [-0.3, -0.25) is 9.59 Å². The fraction of sp³-hybridized carbons (Fsp3) is 0.188. The summed E-state index contributed by atoms with van der Waals surface area (Å²) >= 11 is 5.92. The lowest BCUT2D eigenvalue weighted by Gasteiger charge is -2.07. The Morgan fingerprint density at radius 2 is 2.05 bits per heavy atom. The molecule has 1 N–H and O–H groups in total. The Kier molecular flexibility index (Phi) is 4.70. The molecule has 0 aliphatic carbocycles. The maximum absolute atomic E-state index is 12.1. The summed E-state index contributed by atoms with van der Waals surface area (Å²) in [5.41, 5.74) is 2.20. The second-order valence-corrected chi connectivity index (χ2v) is 5.27. The number of halogens is 1. The Balaban J connectivity index is 2.10. The van der Waals surface area contributed by atoms with Crippen molar-refractivity contribution in [1.29, 1.82) is 0 Å². The van der Waals surface area contributed by atoms with Crippen molar-refractivity contribution in [2.24, 2.45) is 0 Å². The van der Waals surface area contributed by atoms with Gasteiger partial charge in [0, 0.05) is 16.8 Å². The van der Waals surface area contributed by atoms with E-state index < -0.39 is 0 Å². The molecule has 0 saturated heterocycles. The number of rotatable bonds is 4. The predicted octanol–water partition coefficient (Wildman–Crippen LogP) is 2.78. The van der Waals surface area contributed by atoms with Crippen molar-refractivity contribution in [2.75, 3.05) is 5.32 Å². The average molecular weight is 304 g/mol. The van der Waals surface area contributed by atoms with Crippen LogP contribution in [-0.4, -0.2) is 11.7 Å². The van der Waals surface area contributed by atoms with Crippen molar-refractivity contribution in [3.63, 3.8) is 0 Å². The van der Waals surface area contributed by atoms with Gasteiger partial charge in [0.05, 0.1) is 5.56 Å². The second kappa shape index (κ2) is 6.50. The number of pyridine rings is 1. The lowest BCUT2D eigenvalue weighted by atomic mass is 10.2. The minimum atomic E-state index is -0.175. The number of aromatic nitrogens is 1. The molecule has 1 amide bonds. The quantitative estimate of drug-likeness (QED) is 0.697. The highest BCUT2D eigenvalue weighted by molar-refractivity contribution is 6.31. The van der Waals surface area contributed by atoms with Crippen molar-refractivity contribution in [3.8, 4) is 0 Å². The Morgan fingerprint density at radius 1 is 1.29 bits per heavy atom. The van der Waals surface area contributed by atoms with E-state index >= 15 is 0 Å². The molecule has 0 bridgehead atoms. The van der Waals surface area contributed by atoms with Crippen LogP contribution in [0.1, 0.15) is 22.8 Å². The van der Waals surface area contributed by atoms with Gasteiger partial charge >= 0.3 is 0 Å². The third-order valence-electron chi connectivity index (χ3n) is 3.06. The molecule has 1 aromatic heterocycles. The first-order chi connectivity index (χ1) is 9.95. The number of nitrogens with zero attached hydrogens (tertiary/aromatic N) is 1. The second-order valence-electron chi connectivity index (χ2n) is 4.83. The normalized spacial score (nSPS) is 10.2. The molecular formula is C16H16ClN2O2+. The van der Waals surface area contributed by atoms with E-state index in [0.29, 0.717) is 16.3 Å². The van der Waals surface area contributed by atoms with Crippen molar-refractivity contribution in [1.82, 2.24) is 0 Å². The first-order valence-electron chi connectivity index (χ1n) is 6.52. The van der Waals surface area contributed by atoms with Gasteiger partial charge < -0.3 is 5.32 Å². The number of carbonyl (C=O) groups excluding carboxylic acids is 2. The van der Waals surface area contributed by atoms with Crippen LogP contribution in [-0.2, 0) is 11.3 Å². The first-order valence-corrected chi connectivity index (χ1v) is 6.89. The summed E-state index contributed by atoms with van der Waals surface area (Å²) in [6.45, 7) is 3.53. The number of benzene rings is 1. The summed E-state index contributed by atoms with van der Waals surface area (Å²) in [5.74, 6) is -0.207. The van der Waals surface area contributed by atoms with Crippen LogP contribution in [0.25, 0.3) is 0 Å². The van der Waals surface area contributed by atoms with Gasteiger partial charge in [-0.15, -0.1) is 0 Å². The standard InChI is InChI=1S/C16H15ClN2O2/c1-11-5-6-14(17)8-15(11)18-16(21)10-19-7-3-4-13(9-19)12(2)20/h3-9H,10H2,1-2H3/p+1. The topological polar surface area (TPSA) is 50.0 Å². The Morgan fingerprint density at radius 3 is 2.76 bits per heavy atom. The molecule has 21 heavy (non-hydrogen) atoms. The summed E-state index contributed by atoms with van der Waals surface area (Å²) < 4.78 is 1.67. The van der Waals surface area contributed by atoms with E-state index in [1.807, 2.05) is 13.0 Å². The number of ketones is 1. The number of amides is 1. The van der Waals surface area contributed by atoms with Crippen LogP contribution in [0.5, 0.6) is 0 Å². The molecule has 0 unspecified atom stereocenters. The van der Waals surface area contributed by atoms with Crippen LogP contribution in [0, 0.1) is 6.92 Å². The number of nitrogens with one attached hydrogen (secondary N) is 1. The van der Waals surface area contributed by atoms with E-state index in [1.54, 1.807) is 41.2 Å². The Bertz CT molecular complexity index is 698. The number of Topliss-reactive ketones (excluding diaryl/α,β-unsaturated/α-hetero) is 1. The van der Waals surface area contributed by atoms with Crippen LogP contribution in [0.4, 0.5) is 5.69 Å². The smallest absolute Gasteiger partial charge is 0.290 e. The van der Waals surface area contributed by atoms with E-state index in [9.17, 15) is 9.59 Å². The molecule has 0 atom stereocenters. The van der Waals surface area contributed by atoms with Crippen molar-refractivity contribution >= 4 is 29.0 Å². The van der Waals surface area contributed by atoms with Crippen molar-refractivity contribution in [3.05, 3.63) is 58.9 Å². The molecule has 0 aliphatic heterocycles. The first kappa shape index (κ1) is 15.2. The SMILES string of the molecule is CC(=O)c1ccc[n+](CC(=O)Nc2cc(Cl)ccc2C)c1. The molecule has 1 heterocycles. The largest absolute Gasteiger partial charge is 0.320 e. The van der Waals surface area contributed by atoms with Crippen LogP contribution in [0.3, 0.4) is 0 Å². The third-order valence-corrected chi connectivity index (χ3v) is 3.30. The third kappa shape index (κ3) is 4.13. The zero-order valence-electron chi connectivity index (χ0n) is 11.9. The number of anilines is 1. The average Bonchev–Trinajstić information content (AvgIpc) is 2.43.